The van der Waals surface area contributed by atoms with Gasteiger partial charge in [0.2, 0.25) is 0 Å². The third kappa shape index (κ3) is 4.66. The topological polar surface area (TPSA) is 115 Å². The fourth-order valence-corrected chi connectivity index (χ4v) is 3.91. The zero-order valence-corrected chi connectivity index (χ0v) is 12.6. The average Bonchev–Trinajstić information content (AvgIpc) is 2.28. The van der Waals surface area contributed by atoms with Crippen molar-refractivity contribution in [2.24, 2.45) is 0 Å². The van der Waals surface area contributed by atoms with E-state index < -0.39 is 26.4 Å². The number of carboxylic acid groups (broad SMARTS) is 1. The molecule has 0 spiro atoms. The van der Waals surface area contributed by atoms with Gasteiger partial charge in [-0.3, -0.25) is 10.1 Å². The van der Waals surface area contributed by atoms with E-state index in [-0.39, 0.29) is 27.0 Å². The summed E-state index contributed by atoms with van der Waals surface area (Å²) in [5.74, 6) is -1.40. The second kappa shape index (κ2) is 6.42. The fraction of sp³-hybridized carbons (Fsp3) is 0.300. The molecular weight excluding hydrogens is 330 g/mol. The molecule has 1 aromatic rings. The van der Waals surface area contributed by atoms with Crippen molar-refractivity contribution < 1.29 is 23.2 Å². The second-order valence-corrected chi connectivity index (χ2v) is 7.62. The lowest BCUT2D eigenvalue weighted by molar-refractivity contribution is -0.384. The van der Waals surface area contributed by atoms with Gasteiger partial charge >= 0.3 is 5.97 Å². The summed E-state index contributed by atoms with van der Waals surface area (Å²) in [7, 11) is -3.18. The number of rotatable bonds is 6. The molecule has 0 atom stereocenters. The summed E-state index contributed by atoms with van der Waals surface area (Å²) in [4.78, 5) is 21.1. The van der Waals surface area contributed by atoms with Gasteiger partial charge in [0.05, 0.1) is 21.3 Å². The number of carboxylic acids is 1. The predicted molar refractivity (Wildman–Crippen MR) is 75.5 cm³/mol. The fourth-order valence-electron chi connectivity index (χ4n) is 1.29. The Labute approximate surface area is 124 Å². The minimum absolute atomic E-state index is 0.0879. The van der Waals surface area contributed by atoms with Crippen LogP contribution in [0.25, 0.3) is 0 Å². The number of carbonyl (C=O) groups is 1. The van der Waals surface area contributed by atoms with Crippen LogP contribution in [0.4, 0.5) is 5.69 Å². The highest BCUT2D eigenvalue weighted by Crippen LogP contribution is 2.34. The molecule has 0 aliphatic heterocycles. The maximum atomic E-state index is 11.1. The number of nitro benzene ring substituents is 1. The average molecular weight is 340 g/mol. The first-order valence-corrected chi connectivity index (χ1v) is 8.56. The van der Waals surface area contributed by atoms with E-state index in [1.165, 1.54) is 0 Å². The van der Waals surface area contributed by atoms with Crippen molar-refractivity contribution in [3.05, 3.63) is 32.8 Å². The molecule has 0 heterocycles. The van der Waals surface area contributed by atoms with Gasteiger partial charge in [0.25, 0.3) is 5.69 Å². The largest absolute Gasteiger partial charge is 0.478 e. The van der Waals surface area contributed by atoms with Gasteiger partial charge in [-0.05, 0) is 0 Å². The maximum absolute atomic E-state index is 11.1. The predicted octanol–water partition coefficient (Wildman–Crippen LogP) is 2.08. The highest BCUT2D eigenvalue weighted by atomic mass is 35.5. The number of aromatic carboxylic acids is 1. The van der Waals surface area contributed by atoms with Gasteiger partial charge < -0.3 is 5.11 Å². The van der Waals surface area contributed by atoms with E-state index in [0.717, 1.165) is 30.2 Å². The van der Waals surface area contributed by atoms with Crippen LogP contribution in [0.15, 0.2) is 17.0 Å². The Morgan fingerprint density at radius 3 is 2.55 bits per heavy atom. The summed E-state index contributed by atoms with van der Waals surface area (Å²) in [5, 5.41) is 19.6. The molecular formula is C10H10ClNO6S2. The van der Waals surface area contributed by atoms with Crippen LogP contribution in [-0.2, 0) is 9.84 Å². The molecule has 10 heteroatoms. The Morgan fingerprint density at radius 2 is 2.10 bits per heavy atom. The van der Waals surface area contributed by atoms with E-state index in [9.17, 15) is 23.3 Å². The molecule has 0 radical (unpaired) electrons. The van der Waals surface area contributed by atoms with Gasteiger partial charge in [0, 0.05) is 29.0 Å². The van der Waals surface area contributed by atoms with Crippen molar-refractivity contribution in [3.63, 3.8) is 0 Å². The van der Waals surface area contributed by atoms with E-state index in [1.807, 2.05) is 0 Å². The molecule has 1 N–H and O–H groups in total. The highest BCUT2D eigenvalue weighted by molar-refractivity contribution is 8.00. The maximum Gasteiger partial charge on any atom is 0.337 e. The van der Waals surface area contributed by atoms with E-state index in [0.29, 0.717) is 0 Å². The van der Waals surface area contributed by atoms with E-state index in [4.69, 9.17) is 16.7 Å². The number of thioether (sulfide) groups is 1. The lowest BCUT2D eigenvalue weighted by atomic mass is 10.2. The second-order valence-electron chi connectivity index (χ2n) is 3.84. The highest BCUT2D eigenvalue weighted by Gasteiger charge is 2.20. The number of sulfone groups is 1. The Balaban J connectivity index is 3.12. The van der Waals surface area contributed by atoms with Gasteiger partial charge in [-0.1, -0.05) is 11.6 Å². The molecule has 110 valence electrons. The first-order chi connectivity index (χ1) is 9.11. The Hall–Kier alpha value is -1.32. The summed E-state index contributed by atoms with van der Waals surface area (Å²) >= 11 is 6.77. The third-order valence-electron chi connectivity index (χ3n) is 2.17. The molecule has 0 saturated heterocycles. The van der Waals surface area contributed by atoms with Crippen LogP contribution in [-0.4, -0.2) is 42.2 Å². The zero-order chi connectivity index (χ0) is 15.5. The number of hydrogen-bond acceptors (Lipinski definition) is 6. The SMILES string of the molecule is CS(=O)(=O)CCSc1c(Cl)cc([N+](=O)[O-])cc1C(=O)O. The van der Waals surface area contributed by atoms with Crippen LogP contribution in [0.5, 0.6) is 0 Å². The summed E-state index contributed by atoms with van der Waals surface area (Å²) in [5.41, 5.74) is -0.748. The molecule has 0 aliphatic carbocycles. The lowest BCUT2D eigenvalue weighted by Gasteiger charge is -2.08. The molecule has 0 fully saturated rings. The normalized spacial score (nSPS) is 11.3. The van der Waals surface area contributed by atoms with Crippen LogP contribution in [0.1, 0.15) is 10.4 Å². The van der Waals surface area contributed by atoms with Crippen molar-refractivity contribution in [1.29, 1.82) is 0 Å². The molecule has 0 amide bonds. The van der Waals surface area contributed by atoms with Gasteiger partial charge in [0.1, 0.15) is 9.84 Å². The van der Waals surface area contributed by atoms with Gasteiger partial charge in [0.15, 0.2) is 0 Å². The molecule has 1 rings (SSSR count). The number of halogens is 1. The van der Waals surface area contributed by atoms with Crippen LogP contribution in [0, 0.1) is 10.1 Å². The number of non-ortho nitro benzene ring substituents is 1. The van der Waals surface area contributed by atoms with Crippen LogP contribution < -0.4 is 0 Å². The molecule has 7 nitrogen and oxygen atoms in total. The zero-order valence-electron chi connectivity index (χ0n) is 10.2. The number of nitro groups is 1. The molecule has 0 saturated carbocycles. The van der Waals surface area contributed by atoms with Crippen molar-refractivity contribution in [2.45, 2.75) is 4.90 Å². The molecule has 0 unspecified atom stereocenters. The Bertz CT molecular complexity index is 658. The minimum Gasteiger partial charge on any atom is -0.478 e. The molecule has 0 aliphatic rings. The monoisotopic (exact) mass is 339 g/mol. The quantitative estimate of drug-likeness (QED) is 0.479. The lowest BCUT2D eigenvalue weighted by Crippen LogP contribution is -2.07. The van der Waals surface area contributed by atoms with Gasteiger partial charge in [-0.25, -0.2) is 13.2 Å². The van der Waals surface area contributed by atoms with Gasteiger partial charge in [-0.2, -0.15) is 0 Å². The van der Waals surface area contributed by atoms with Crippen molar-refractivity contribution >= 4 is 44.9 Å². The third-order valence-corrected chi connectivity index (χ3v) is 4.92. The van der Waals surface area contributed by atoms with Crippen molar-refractivity contribution in [2.75, 3.05) is 17.8 Å². The van der Waals surface area contributed by atoms with Crippen LogP contribution in [0.3, 0.4) is 0 Å². The van der Waals surface area contributed by atoms with E-state index in [1.54, 1.807) is 0 Å². The van der Waals surface area contributed by atoms with Crippen LogP contribution >= 0.6 is 23.4 Å². The van der Waals surface area contributed by atoms with Gasteiger partial charge in [-0.15, -0.1) is 11.8 Å². The van der Waals surface area contributed by atoms with Crippen molar-refractivity contribution in [3.8, 4) is 0 Å². The first kappa shape index (κ1) is 16.7. The molecule has 0 bridgehead atoms. The summed E-state index contributed by atoms with van der Waals surface area (Å²) < 4.78 is 22.0. The molecule has 1 aromatic carbocycles. The van der Waals surface area contributed by atoms with E-state index >= 15 is 0 Å². The molecule has 20 heavy (non-hydrogen) atoms. The first-order valence-electron chi connectivity index (χ1n) is 5.13. The summed E-state index contributed by atoms with van der Waals surface area (Å²) in [6.45, 7) is 0. The summed E-state index contributed by atoms with van der Waals surface area (Å²) in [6.07, 6.45) is 1.06. The Kier molecular flexibility index (Phi) is 5.37. The molecule has 0 aromatic heterocycles. The Morgan fingerprint density at radius 1 is 1.50 bits per heavy atom. The number of nitrogens with zero attached hydrogens (tertiary/aromatic N) is 1. The summed E-state index contributed by atoms with van der Waals surface area (Å²) in [6, 6.07) is 1.94. The standard InChI is InChI=1S/C10H10ClNO6S2/c1-20(17,18)3-2-19-9-7(10(13)14)4-6(12(15)16)5-8(9)11/h4-5H,2-3H2,1H3,(H,13,14). The number of benzene rings is 1. The smallest absolute Gasteiger partial charge is 0.337 e. The van der Waals surface area contributed by atoms with Crippen molar-refractivity contribution in [1.82, 2.24) is 0 Å². The number of hydrogen-bond donors (Lipinski definition) is 1. The van der Waals surface area contributed by atoms with E-state index in [2.05, 4.69) is 0 Å². The van der Waals surface area contributed by atoms with Crippen LogP contribution in [0.2, 0.25) is 5.02 Å². The minimum atomic E-state index is -3.18.